The van der Waals surface area contributed by atoms with E-state index in [2.05, 4.69) is 5.32 Å². The molecule has 1 N–H and O–H groups in total. The summed E-state index contributed by atoms with van der Waals surface area (Å²) in [4.78, 5) is 0. The summed E-state index contributed by atoms with van der Waals surface area (Å²) in [6.07, 6.45) is 9.64. The lowest BCUT2D eigenvalue weighted by Crippen LogP contribution is -2.23. The first kappa shape index (κ1) is 13.3. The fourth-order valence-electron chi connectivity index (χ4n) is 2.81. The van der Waals surface area contributed by atoms with Gasteiger partial charge in [-0.25, -0.2) is 0 Å². The third-order valence-electron chi connectivity index (χ3n) is 3.88. The van der Waals surface area contributed by atoms with E-state index in [1.54, 1.807) is 0 Å². The van der Waals surface area contributed by atoms with Crippen molar-refractivity contribution in [3.8, 4) is 0 Å². The van der Waals surface area contributed by atoms with Gasteiger partial charge in [0.05, 0.1) is 12.7 Å². The van der Waals surface area contributed by atoms with Crippen molar-refractivity contribution < 1.29 is 9.47 Å². The SMILES string of the molecule is C(CNCC1CCCC1)COCC1CCCO1. The highest BCUT2D eigenvalue weighted by atomic mass is 16.5. The van der Waals surface area contributed by atoms with Gasteiger partial charge < -0.3 is 14.8 Å². The van der Waals surface area contributed by atoms with Gasteiger partial charge in [0.1, 0.15) is 0 Å². The van der Waals surface area contributed by atoms with Crippen molar-refractivity contribution in [3.05, 3.63) is 0 Å². The standard InChI is InChI=1S/C14H27NO2/c1-2-6-13(5-1)11-15-8-4-9-16-12-14-7-3-10-17-14/h13-15H,1-12H2. The summed E-state index contributed by atoms with van der Waals surface area (Å²) in [5.41, 5.74) is 0. The minimum Gasteiger partial charge on any atom is -0.379 e. The summed E-state index contributed by atoms with van der Waals surface area (Å²) in [6.45, 7) is 4.91. The number of nitrogens with one attached hydrogen (secondary N) is 1. The van der Waals surface area contributed by atoms with E-state index in [9.17, 15) is 0 Å². The van der Waals surface area contributed by atoms with Crippen molar-refractivity contribution in [1.82, 2.24) is 5.32 Å². The molecule has 1 aliphatic heterocycles. The van der Waals surface area contributed by atoms with Gasteiger partial charge in [0, 0.05) is 13.2 Å². The van der Waals surface area contributed by atoms with E-state index < -0.39 is 0 Å². The van der Waals surface area contributed by atoms with Gasteiger partial charge >= 0.3 is 0 Å². The van der Waals surface area contributed by atoms with E-state index >= 15 is 0 Å². The molecule has 2 rings (SSSR count). The van der Waals surface area contributed by atoms with E-state index in [4.69, 9.17) is 9.47 Å². The van der Waals surface area contributed by atoms with Crippen LogP contribution in [-0.2, 0) is 9.47 Å². The molecule has 0 radical (unpaired) electrons. The van der Waals surface area contributed by atoms with Crippen LogP contribution in [0.4, 0.5) is 0 Å². The van der Waals surface area contributed by atoms with Gasteiger partial charge in [-0.1, -0.05) is 12.8 Å². The summed E-state index contributed by atoms with van der Waals surface area (Å²) < 4.78 is 11.1. The molecule has 3 nitrogen and oxygen atoms in total. The molecule has 1 atom stereocenters. The van der Waals surface area contributed by atoms with Gasteiger partial charge in [0.2, 0.25) is 0 Å². The lowest BCUT2D eigenvalue weighted by Gasteiger charge is -2.12. The van der Waals surface area contributed by atoms with E-state index in [1.807, 2.05) is 0 Å². The highest BCUT2D eigenvalue weighted by Crippen LogP contribution is 2.23. The lowest BCUT2D eigenvalue weighted by atomic mass is 10.1. The Hall–Kier alpha value is -0.120. The third kappa shape index (κ3) is 5.36. The first-order valence-electron chi connectivity index (χ1n) is 7.35. The van der Waals surface area contributed by atoms with Gasteiger partial charge in [0.15, 0.2) is 0 Å². The Balaban J connectivity index is 1.33. The van der Waals surface area contributed by atoms with Crippen LogP contribution >= 0.6 is 0 Å². The maximum Gasteiger partial charge on any atom is 0.0809 e. The Kier molecular flexibility index (Phi) is 6.32. The quantitative estimate of drug-likeness (QED) is 0.662. The van der Waals surface area contributed by atoms with E-state index in [1.165, 1.54) is 45.1 Å². The van der Waals surface area contributed by atoms with Crippen LogP contribution < -0.4 is 5.32 Å². The van der Waals surface area contributed by atoms with Crippen LogP contribution in [0.5, 0.6) is 0 Å². The molecule has 0 aromatic rings. The van der Waals surface area contributed by atoms with Crippen molar-refractivity contribution in [2.24, 2.45) is 5.92 Å². The molecule has 1 saturated heterocycles. The molecule has 1 aliphatic carbocycles. The molecule has 0 amide bonds. The van der Waals surface area contributed by atoms with Crippen LogP contribution in [0, 0.1) is 5.92 Å². The Morgan fingerprint density at radius 3 is 2.76 bits per heavy atom. The predicted octanol–water partition coefficient (Wildman–Crippen LogP) is 2.35. The van der Waals surface area contributed by atoms with E-state index in [0.717, 1.165) is 38.7 Å². The second-order valence-corrected chi connectivity index (χ2v) is 5.42. The van der Waals surface area contributed by atoms with Crippen molar-refractivity contribution in [2.45, 2.75) is 51.0 Å². The largest absolute Gasteiger partial charge is 0.379 e. The topological polar surface area (TPSA) is 30.5 Å². The Labute approximate surface area is 105 Å². The minimum absolute atomic E-state index is 0.376. The van der Waals surface area contributed by atoms with Gasteiger partial charge in [-0.05, 0) is 51.1 Å². The van der Waals surface area contributed by atoms with Gasteiger partial charge in [-0.15, -0.1) is 0 Å². The minimum atomic E-state index is 0.376. The number of hydrogen-bond donors (Lipinski definition) is 1. The molecule has 0 spiro atoms. The van der Waals surface area contributed by atoms with Gasteiger partial charge in [-0.2, -0.15) is 0 Å². The smallest absolute Gasteiger partial charge is 0.0809 e. The molecule has 0 aromatic heterocycles. The second kappa shape index (κ2) is 8.06. The normalized spacial score (nSPS) is 25.8. The zero-order valence-electron chi connectivity index (χ0n) is 11.0. The summed E-state index contributed by atoms with van der Waals surface area (Å²) >= 11 is 0. The molecule has 0 bridgehead atoms. The molecule has 2 aliphatic rings. The molecule has 1 saturated carbocycles. The molecule has 2 fully saturated rings. The van der Waals surface area contributed by atoms with E-state index in [-0.39, 0.29) is 0 Å². The number of hydrogen-bond acceptors (Lipinski definition) is 3. The third-order valence-corrected chi connectivity index (χ3v) is 3.88. The fourth-order valence-corrected chi connectivity index (χ4v) is 2.81. The van der Waals surface area contributed by atoms with Crippen molar-refractivity contribution in [2.75, 3.05) is 32.9 Å². The lowest BCUT2D eigenvalue weighted by molar-refractivity contribution is 0.0166. The first-order valence-corrected chi connectivity index (χ1v) is 7.35. The molecule has 17 heavy (non-hydrogen) atoms. The summed E-state index contributed by atoms with van der Waals surface area (Å²) in [5, 5.41) is 3.54. The van der Waals surface area contributed by atoms with Crippen LogP contribution in [0.1, 0.15) is 44.9 Å². The summed E-state index contributed by atoms with van der Waals surface area (Å²) in [6, 6.07) is 0. The van der Waals surface area contributed by atoms with Gasteiger partial charge in [-0.3, -0.25) is 0 Å². The summed E-state index contributed by atoms with van der Waals surface area (Å²) in [5.74, 6) is 0.947. The average molecular weight is 241 g/mol. The molecule has 3 heteroatoms. The van der Waals surface area contributed by atoms with Crippen LogP contribution in [0.25, 0.3) is 0 Å². The molecule has 0 aromatic carbocycles. The molecule has 1 unspecified atom stereocenters. The fraction of sp³-hybridized carbons (Fsp3) is 1.00. The first-order chi connectivity index (χ1) is 8.45. The van der Waals surface area contributed by atoms with E-state index in [0.29, 0.717) is 6.10 Å². The maximum atomic E-state index is 5.62. The molecule has 100 valence electrons. The van der Waals surface area contributed by atoms with Crippen LogP contribution in [-0.4, -0.2) is 39.0 Å². The highest BCUT2D eigenvalue weighted by Gasteiger charge is 2.15. The Bertz CT molecular complexity index is 167. The van der Waals surface area contributed by atoms with Gasteiger partial charge in [0.25, 0.3) is 0 Å². The maximum absolute atomic E-state index is 5.62. The molecule has 1 heterocycles. The number of ether oxygens (including phenoxy) is 2. The van der Waals surface area contributed by atoms with Crippen LogP contribution in [0.2, 0.25) is 0 Å². The van der Waals surface area contributed by atoms with Crippen molar-refractivity contribution >= 4 is 0 Å². The monoisotopic (exact) mass is 241 g/mol. The van der Waals surface area contributed by atoms with Crippen LogP contribution in [0.3, 0.4) is 0 Å². The van der Waals surface area contributed by atoms with Crippen LogP contribution in [0.15, 0.2) is 0 Å². The Morgan fingerprint density at radius 2 is 2.00 bits per heavy atom. The average Bonchev–Trinajstić information content (AvgIpc) is 3.00. The zero-order chi connectivity index (χ0) is 11.8. The van der Waals surface area contributed by atoms with Crippen molar-refractivity contribution in [1.29, 1.82) is 0 Å². The zero-order valence-corrected chi connectivity index (χ0v) is 11.0. The number of rotatable bonds is 8. The molecular formula is C14H27NO2. The second-order valence-electron chi connectivity index (χ2n) is 5.42. The van der Waals surface area contributed by atoms with Crippen molar-refractivity contribution in [3.63, 3.8) is 0 Å². The predicted molar refractivity (Wildman–Crippen MR) is 69.2 cm³/mol. The summed E-state index contributed by atoms with van der Waals surface area (Å²) in [7, 11) is 0. The molecular weight excluding hydrogens is 214 g/mol. The Morgan fingerprint density at radius 1 is 1.12 bits per heavy atom. The highest BCUT2D eigenvalue weighted by molar-refractivity contribution is 4.69.